The summed E-state index contributed by atoms with van der Waals surface area (Å²) in [6.07, 6.45) is 1.39. The van der Waals surface area contributed by atoms with Crippen molar-refractivity contribution in [3.8, 4) is 0 Å². The van der Waals surface area contributed by atoms with Crippen molar-refractivity contribution in [3.63, 3.8) is 0 Å². The standard InChI is InChI=1S/C34H63N3O6/c1-21(2)37-18-25(19-37)15-26-20-42-32(40)33(6,7)30(39)24(5)31(34(8,41-12)16-23(4)17-36(26)11)43-28-14-22(3)13-27(29(28)38)35(9)10/h21-29,31,38H,13-20H2,1-12H3/t22-,23-,24+,26-,27+,28-,29-,31-,34-/m1/s1. The van der Waals surface area contributed by atoms with Crippen LogP contribution in [-0.2, 0) is 23.8 Å². The quantitative estimate of drug-likeness (QED) is 0.343. The molecule has 2 heterocycles. The molecule has 3 rings (SSSR count). The van der Waals surface area contributed by atoms with Crippen LogP contribution >= 0.6 is 0 Å². The van der Waals surface area contributed by atoms with Crippen LogP contribution in [0.1, 0.15) is 81.1 Å². The number of cyclic esters (lactones) is 1. The highest BCUT2D eigenvalue weighted by Gasteiger charge is 2.51. The van der Waals surface area contributed by atoms with Gasteiger partial charge < -0.3 is 29.1 Å². The average molecular weight is 610 g/mol. The third-order valence-corrected chi connectivity index (χ3v) is 10.8. The lowest BCUT2D eigenvalue weighted by Gasteiger charge is -2.47. The number of Topliss-reactive ketones (excluding diaryl/α,β-unsaturated/α-hetero) is 1. The van der Waals surface area contributed by atoms with Gasteiger partial charge in [-0.1, -0.05) is 20.8 Å². The number of methoxy groups -OCH3 is 1. The molecule has 1 saturated carbocycles. The number of aliphatic hydroxyl groups excluding tert-OH is 1. The summed E-state index contributed by atoms with van der Waals surface area (Å²) in [5.74, 6) is -0.246. The van der Waals surface area contributed by atoms with Crippen molar-refractivity contribution in [2.45, 2.75) is 123 Å². The summed E-state index contributed by atoms with van der Waals surface area (Å²) in [5.41, 5.74) is -2.17. The number of rotatable bonds is 7. The molecule has 9 nitrogen and oxygen atoms in total. The average Bonchev–Trinajstić information content (AvgIpc) is 2.89. The van der Waals surface area contributed by atoms with Gasteiger partial charge in [0.2, 0.25) is 0 Å². The molecule has 3 fully saturated rings. The van der Waals surface area contributed by atoms with E-state index < -0.39 is 41.2 Å². The fraction of sp³-hybridized carbons (Fsp3) is 0.941. The molecule has 9 atom stereocenters. The number of likely N-dealkylation sites (tertiary alicyclic amines) is 1. The Kier molecular flexibility index (Phi) is 12.3. The smallest absolute Gasteiger partial charge is 0.319 e. The summed E-state index contributed by atoms with van der Waals surface area (Å²) in [6, 6.07) is 0.564. The van der Waals surface area contributed by atoms with Gasteiger partial charge >= 0.3 is 5.97 Å². The van der Waals surface area contributed by atoms with Gasteiger partial charge in [0, 0.05) is 50.8 Å². The zero-order chi connectivity index (χ0) is 32.4. The molecular formula is C34H63N3O6. The van der Waals surface area contributed by atoms with E-state index in [0.29, 0.717) is 30.7 Å². The van der Waals surface area contributed by atoms with Crippen LogP contribution in [0, 0.1) is 29.1 Å². The molecule has 0 radical (unpaired) electrons. The Bertz CT molecular complexity index is 937. The summed E-state index contributed by atoms with van der Waals surface area (Å²) < 4.78 is 19.1. The van der Waals surface area contributed by atoms with Crippen LogP contribution in [0.15, 0.2) is 0 Å². The fourth-order valence-corrected chi connectivity index (χ4v) is 7.88. The second-order valence-corrected chi connectivity index (χ2v) is 15.6. The number of nitrogens with zero attached hydrogens (tertiary/aromatic N) is 3. The lowest BCUT2D eigenvalue weighted by Crippen LogP contribution is -2.58. The first-order valence-corrected chi connectivity index (χ1v) is 16.6. The Morgan fingerprint density at radius 1 is 1.05 bits per heavy atom. The molecule has 0 bridgehead atoms. The van der Waals surface area contributed by atoms with Crippen LogP contribution in [0.5, 0.6) is 0 Å². The van der Waals surface area contributed by atoms with Crippen molar-refractivity contribution < 1.29 is 28.9 Å². The molecule has 2 saturated heterocycles. The lowest BCUT2D eigenvalue weighted by atomic mass is 9.73. The van der Waals surface area contributed by atoms with E-state index in [9.17, 15) is 14.7 Å². The third kappa shape index (κ3) is 8.39. The normalized spacial score (nSPS) is 39.6. The Hall–Kier alpha value is -1.10. The summed E-state index contributed by atoms with van der Waals surface area (Å²) in [7, 11) is 7.77. The number of esters is 1. The van der Waals surface area contributed by atoms with E-state index in [-0.39, 0.29) is 30.4 Å². The van der Waals surface area contributed by atoms with E-state index in [1.165, 1.54) is 0 Å². The Morgan fingerprint density at radius 3 is 2.23 bits per heavy atom. The number of ketones is 1. The second-order valence-electron chi connectivity index (χ2n) is 15.6. The molecule has 3 aliphatic rings. The van der Waals surface area contributed by atoms with Gasteiger partial charge in [0.25, 0.3) is 0 Å². The van der Waals surface area contributed by atoms with E-state index in [1.807, 2.05) is 27.9 Å². The monoisotopic (exact) mass is 609 g/mol. The van der Waals surface area contributed by atoms with Crippen molar-refractivity contribution in [2.24, 2.45) is 29.1 Å². The van der Waals surface area contributed by atoms with Crippen LogP contribution in [0.4, 0.5) is 0 Å². The van der Waals surface area contributed by atoms with Gasteiger partial charge in [0.15, 0.2) is 5.78 Å². The maximum atomic E-state index is 14.2. The topological polar surface area (TPSA) is 91.8 Å². The molecule has 2 aliphatic heterocycles. The molecule has 0 amide bonds. The molecule has 1 N–H and O–H groups in total. The molecular weight excluding hydrogens is 546 g/mol. The van der Waals surface area contributed by atoms with Crippen molar-refractivity contribution in [2.75, 3.05) is 54.5 Å². The van der Waals surface area contributed by atoms with E-state index in [2.05, 4.69) is 49.4 Å². The largest absolute Gasteiger partial charge is 0.463 e. The van der Waals surface area contributed by atoms with Gasteiger partial charge in [0.1, 0.15) is 12.0 Å². The fourth-order valence-electron chi connectivity index (χ4n) is 7.88. The molecule has 9 heteroatoms. The van der Waals surface area contributed by atoms with Gasteiger partial charge in [-0.25, -0.2) is 0 Å². The van der Waals surface area contributed by atoms with Gasteiger partial charge in [-0.2, -0.15) is 0 Å². The minimum absolute atomic E-state index is 0.0393. The van der Waals surface area contributed by atoms with Crippen LogP contribution in [0.2, 0.25) is 0 Å². The number of aliphatic hydroxyl groups is 1. The van der Waals surface area contributed by atoms with E-state index in [0.717, 1.165) is 32.5 Å². The molecule has 0 spiro atoms. The van der Waals surface area contributed by atoms with Gasteiger partial charge in [-0.3, -0.25) is 14.5 Å². The molecule has 0 aromatic rings. The number of ether oxygens (including phenoxy) is 3. The summed E-state index contributed by atoms with van der Waals surface area (Å²) in [5, 5.41) is 11.4. The highest BCUT2D eigenvalue weighted by Crippen LogP contribution is 2.39. The predicted molar refractivity (Wildman–Crippen MR) is 170 cm³/mol. The molecule has 250 valence electrons. The van der Waals surface area contributed by atoms with Gasteiger partial charge in [0.05, 0.1) is 23.9 Å². The minimum atomic E-state index is -1.35. The van der Waals surface area contributed by atoms with Crippen LogP contribution in [-0.4, -0.2) is 128 Å². The van der Waals surface area contributed by atoms with Crippen molar-refractivity contribution in [3.05, 3.63) is 0 Å². The molecule has 43 heavy (non-hydrogen) atoms. The zero-order valence-corrected chi connectivity index (χ0v) is 29.3. The maximum absolute atomic E-state index is 14.2. The Morgan fingerprint density at radius 2 is 1.67 bits per heavy atom. The highest BCUT2D eigenvalue weighted by atomic mass is 16.6. The van der Waals surface area contributed by atoms with E-state index >= 15 is 0 Å². The summed E-state index contributed by atoms with van der Waals surface area (Å²) in [4.78, 5) is 34.6. The highest BCUT2D eigenvalue weighted by molar-refractivity contribution is 6.04. The van der Waals surface area contributed by atoms with E-state index in [4.69, 9.17) is 14.2 Å². The summed E-state index contributed by atoms with van der Waals surface area (Å²) >= 11 is 0. The predicted octanol–water partition coefficient (Wildman–Crippen LogP) is 3.71. The van der Waals surface area contributed by atoms with Crippen LogP contribution in [0.3, 0.4) is 0 Å². The van der Waals surface area contributed by atoms with Gasteiger partial charge in [-0.15, -0.1) is 0 Å². The van der Waals surface area contributed by atoms with Crippen molar-refractivity contribution in [1.29, 1.82) is 0 Å². The number of hydrogen-bond acceptors (Lipinski definition) is 9. The van der Waals surface area contributed by atoms with Crippen LogP contribution in [0.25, 0.3) is 0 Å². The third-order valence-electron chi connectivity index (χ3n) is 10.8. The molecule has 0 unspecified atom stereocenters. The Labute approximate surface area is 262 Å². The second kappa shape index (κ2) is 14.5. The number of carbonyl (C=O) groups excluding carboxylic acids is 2. The molecule has 1 aliphatic carbocycles. The number of likely N-dealkylation sites (N-methyl/N-ethyl adjacent to an activating group) is 2. The molecule has 0 aromatic carbocycles. The van der Waals surface area contributed by atoms with Crippen LogP contribution < -0.4 is 0 Å². The summed E-state index contributed by atoms with van der Waals surface area (Å²) in [6.45, 7) is 19.3. The number of hydrogen-bond donors (Lipinski definition) is 1. The SMILES string of the molecule is CO[C@]1(C)C[C@@H](C)CN(C)[C@H](CC2CN(C(C)C)C2)COC(=O)C(C)(C)C(=O)[C@H](C)[C@H]1O[C@@H]1C[C@H](C)C[C@H](N(C)C)[C@H]1O. The molecule has 0 aromatic heterocycles. The maximum Gasteiger partial charge on any atom is 0.319 e. The van der Waals surface area contributed by atoms with Crippen molar-refractivity contribution >= 4 is 11.8 Å². The lowest BCUT2D eigenvalue weighted by molar-refractivity contribution is -0.206. The Balaban J connectivity index is 1.93. The first-order chi connectivity index (χ1) is 19.9. The van der Waals surface area contributed by atoms with Gasteiger partial charge in [-0.05, 0) is 99.2 Å². The zero-order valence-electron chi connectivity index (χ0n) is 29.3. The van der Waals surface area contributed by atoms with Crippen molar-refractivity contribution in [1.82, 2.24) is 14.7 Å². The first-order valence-electron chi connectivity index (χ1n) is 16.6. The number of carbonyl (C=O) groups is 2. The first kappa shape index (κ1) is 36.4. The van der Waals surface area contributed by atoms with E-state index in [1.54, 1.807) is 21.0 Å². The minimum Gasteiger partial charge on any atom is -0.463 e.